The van der Waals surface area contributed by atoms with Crippen molar-refractivity contribution < 1.29 is 18.7 Å². The van der Waals surface area contributed by atoms with Crippen LogP contribution in [-0.2, 0) is 9.53 Å². The summed E-state index contributed by atoms with van der Waals surface area (Å²) in [5, 5.41) is 0. The summed E-state index contributed by atoms with van der Waals surface area (Å²) < 4.78 is 19.5. The Labute approximate surface area is 202 Å². The highest BCUT2D eigenvalue weighted by Crippen LogP contribution is 2.36. The van der Waals surface area contributed by atoms with E-state index in [-0.39, 0.29) is 18.3 Å². The second kappa shape index (κ2) is 9.52. The van der Waals surface area contributed by atoms with Crippen LogP contribution in [0.3, 0.4) is 0 Å². The molecule has 1 aromatic carbocycles. The summed E-state index contributed by atoms with van der Waals surface area (Å²) in [5.41, 5.74) is 1.24. The molecule has 0 N–H and O–H groups in total. The van der Waals surface area contributed by atoms with Crippen molar-refractivity contribution in [3.05, 3.63) is 83.3 Å². The number of thiazole rings is 1. The molecule has 1 aliphatic rings. The monoisotopic (exact) mass is 530 g/mol. The highest BCUT2D eigenvalue weighted by molar-refractivity contribution is 9.10. The number of rotatable bonds is 6. The molecule has 1 unspecified atom stereocenters. The van der Waals surface area contributed by atoms with Crippen molar-refractivity contribution in [3.8, 4) is 5.75 Å². The molecule has 0 saturated heterocycles. The number of carbonyl (C=O) groups excluding carboxylic acids is 1. The molecule has 0 spiro atoms. The molecule has 3 heterocycles. The molecule has 0 saturated carbocycles. The number of allylic oxidation sites excluding steroid dienone is 1. The average Bonchev–Trinajstić information content (AvgIpc) is 3.30. The van der Waals surface area contributed by atoms with Crippen LogP contribution in [-0.4, -0.2) is 23.2 Å². The third kappa shape index (κ3) is 4.60. The Balaban J connectivity index is 1.98. The van der Waals surface area contributed by atoms with Crippen molar-refractivity contribution in [1.29, 1.82) is 0 Å². The zero-order valence-electron chi connectivity index (χ0n) is 18.6. The van der Waals surface area contributed by atoms with Gasteiger partial charge >= 0.3 is 5.97 Å². The van der Waals surface area contributed by atoms with Crippen LogP contribution in [0.15, 0.2) is 66.5 Å². The second-order valence-corrected chi connectivity index (χ2v) is 9.44. The van der Waals surface area contributed by atoms with Crippen molar-refractivity contribution in [2.24, 2.45) is 4.99 Å². The van der Waals surface area contributed by atoms with E-state index in [4.69, 9.17) is 13.9 Å². The molecule has 172 valence electrons. The van der Waals surface area contributed by atoms with E-state index in [1.807, 2.05) is 38.1 Å². The topological polar surface area (TPSA) is 83.0 Å². The molecule has 2 aromatic heterocycles. The second-order valence-electron chi connectivity index (χ2n) is 7.65. The minimum absolute atomic E-state index is 0.0875. The summed E-state index contributed by atoms with van der Waals surface area (Å²) in [6.07, 6.45) is 1.58. The van der Waals surface area contributed by atoms with E-state index in [0.717, 1.165) is 0 Å². The maximum Gasteiger partial charge on any atom is 0.338 e. The van der Waals surface area contributed by atoms with Gasteiger partial charge in [0, 0.05) is 11.6 Å². The Bertz CT molecular complexity index is 1410. The minimum atomic E-state index is -0.735. The zero-order valence-corrected chi connectivity index (χ0v) is 21.0. The van der Waals surface area contributed by atoms with Gasteiger partial charge in [0.15, 0.2) is 9.47 Å². The van der Waals surface area contributed by atoms with E-state index in [2.05, 4.69) is 20.9 Å². The van der Waals surface area contributed by atoms with Crippen molar-refractivity contribution in [3.63, 3.8) is 0 Å². The van der Waals surface area contributed by atoms with Gasteiger partial charge in [-0.2, -0.15) is 0 Å². The number of halogens is 1. The van der Waals surface area contributed by atoms with Crippen molar-refractivity contribution in [2.75, 3.05) is 6.61 Å². The van der Waals surface area contributed by atoms with E-state index in [1.54, 1.807) is 32.1 Å². The molecule has 9 heteroatoms. The average molecular weight is 531 g/mol. The summed E-state index contributed by atoms with van der Waals surface area (Å²) in [4.78, 5) is 31.7. The first-order chi connectivity index (χ1) is 15.8. The van der Waals surface area contributed by atoms with Crippen LogP contribution in [0.1, 0.15) is 45.1 Å². The molecule has 1 aliphatic heterocycles. The fraction of sp³-hybridized carbons (Fsp3) is 0.292. The third-order valence-electron chi connectivity index (χ3n) is 4.96. The maximum absolute atomic E-state index is 13.6. The van der Waals surface area contributed by atoms with Gasteiger partial charge in [0.1, 0.15) is 17.6 Å². The molecule has 0 bridgehead atoms. The van der Waals surface area contributed by atoms with Crippen molar-refractivity contribution in [2.45, 2.75) is 39.8 Å². The van der Waals surface area contributed by atoms with Gasteiger partial charge in [-0.3, -0.25) is 9.36 Å². The first-order valence-corrected chi connectivity index (χ1v) is 12.1. The van der Waals surface area contributed by atoms with E-state index in [0.29, 0.717) is 42.3 Å². The predicted molar refractivity (Wildman–Crippen MR) is 129 cm³/mol. The van der Waals surface area contributed by atoms with Gasteiger partial charge in [0.2, 0.25) is 0 Å². The maximum atomic E-state index is 13.6. The van der Waals surface area contributed by atoms with Crippen LogP contribution >= 0.6 is 27.3 Å². The van der Waals surface area contributed by atoms with Crippen molar-refractivity contribution in [1.82, 2.24) is 4.57 Å². The van der Waals surface area contributed by atoms with Crippen LogP contribution in [0, 0.1) is 0 Å². The molecule has 0 radical (unpaired) electrons. The highest BCUT2D eigenvalue weighted by atomic mass is 79.9. The number of fused-ring (bicyclic) bond motifs is 1. The number of nitrogens with zero attached hydrogens (tertiary/aromatic N) is 2. The number of furan rings is 1. The van der Waals surface area contributed by atoms with Gasteiger partial charge in [0.25, 0.3) is 5.56 Å². The van der Waals surface area contributed by atoms with E-state index in [1.165, 1.54) is 15.9 Å². The lowest BCUT2D eigenvalue weighted by atomic mass is 9.95. The fourth-order valence-electron chi connectivity index (χ4n) is 3.69. The van der Waals surface area contributed by atoms with E-state index < -0.39 is 12.0 Å². The summed E-state index contributed by atoms with van der Waals surface area (Å²) in [6, 6.07) is 10.2. The number of carbonyl (C=O) groups is 1. The Kier molecular flexibility index (Phi) is 6.71. The van der Waals surface area contributed by atoms with Gasteiger partial charge in [0.05, 0.1) is 28.5 Å². The molecular weight excluding hydrogens is 508 g/mol. The van der Waals surface area contributed by atoms with E-state index in [9.17, 15) is 9.59 Å². The largest absolute Gasteiger partial charge is 0.491 e. The first-order valence-electron chi connectivity index (χ1n) is 10.5. The Hall–Kier alpha value is -2.91. The highest BCUT2D eigenvalue weighted by Gasteiger charge is 2.35. The molecule has 3 aromatic rings. The zero-order chi connectivity index (χ0) is 23.7. The summed E-state index contributed by atoms with van der Waals surface area (Å²) in [7, 11) is 0. The molecule has 0 fully saturated rings. The molecule has 33 heavy (non-hydrogen) atoms. The number of hydrogen-bond acceptors (Lipinski definition) is 7. The number of esters is 1. The predicted octanol–water partition coefficient (Wildman–Crippen LogP) is 3.94. The first kappa shape index (κ1) is 23.3. The normalized spacial score (nSPS) is 16.1. The lowest BCUT2D eigenvalue weighted by Crippen LogP contribution is -2.40. The van der Waals surface area contributed by atoms with Crippen LogP contribution in [0.25, 0.3) is 6.08 Å². The van der Waals surface area contributed by atoms with Gasteiger partial charge in [-0.05, 0) is 61.8 Å². The summed E-state index contributed by atoms with van der Waals surface area (Å²) in [6.45, 7) is 7.57. The van der Waals surface area contributed by atoms with E-state index >= 15 is 0 Å². The van der Waals surface area contributed by atoms with Crippen molar-refractivity contribution >= 4 is 39.3 Å². The third-order valence-corrected chi connectivity index (χ3v) is 6.37. The van der Waals surface area contributed by atoms with Crippen LogP contribution in [0.2, 0.25) is 0 Å². The number of hydrogen-bond donors (Lipinski definition) is 0. The van der Waals surface area contributed by atoms with Gasteiger partial charge in [-0.15, -0.1) is 0 Å². The number of benzene rings is 1. The minimum Gasteiger partial charge on any atom is -0.491 e. The lowest BCUT2D eigenvalue weighted by Gasteiger charge is -2.26. The number of aromatic nitrogens is 1. The van der Waals surface area contributed by atoms with Gasteiger partial charge < -0.3 is 13.9 Å². The Morgan fingerprint density at radius 2 is 2.06 bits per heavy atom. The van der Waals surface area contributed by atoms with Crippen LogP contribution in [0.4, 0.5) is 0 Å². The fourth-order valence-corrected chi connectivity index (χ4v) is 5.03. The quantitative estimate of drug-likeness (QED) is 0.450. The van der Waals surface area contributed by atoms with Crippen LogP contribution < -0.4 is 19.6 Å². The molecule has 7 nitrogen and oxygen atoms in total. The SMILES string of the molecule is CCOC(=O)C1=C(C)N=c2sc(=Cc3ccc(Br)o3)c(=O)n2C1c1ccccc1OC(C)C. The molecule has 4 rings (SSSR count). The number of para-hydroxylation sites is 1. The molecule has 0 amide bonds. The van der Waals surface area contributed by atoms with Crippen LogP contribution in [0.5, 0.6) is 5.75 Å². The van der Waals surface area contributed by atoms with Gasteiger partial charge in [-0.1, -0.05) is 29.5 Å². The Morgan fingerprint density at radius 1 is 1.30 bits per heavy atom. The smallest absolute Gasteiger partial charge is 0.338 e. The summed E-state index contributed by atoms with van der Waals surface area (Å²) in [5.74, 6) is 0.624. The summed E-state index contributed by atoms with van der Waals surface area (Å²) >= 11 is 4.52. The Morgan fingerprint density at radius 3 is 2.73 bits per heavy atom. The molecule has 1 atom stereocenters. The number of ether oxygens (including phenoxy) is 2. The lowest BCUT2D eigenvalue weighted by molar-refractivity contribution is -0.139. The molecular formula is C24H23BrN2O5S. The standard InChI is InChI=1S/C24H23BrN2O5S/c1-5-30-23(29)20-14(4)26-24-27(21(20)16-8-6-7-9-17(16)31-13(2)3)22(28)18(33-24)12-15-10-11-19(25)32-15/h6-13,21H,5H2,1-4H3. The van der Waals surface area contributed by atoms with Gasteiger partial charge in [-0.25, -0.2) is 9.79 Å². The molecule has 0 aliphatic carbocycles.